The van der Waals surface area contributed by atoms with Crippen LogP contribution in [0.2, 0.25) is 0 Å². The van der Waals surface area contributed by atoms with Crippen LogP contribution in [0.4, 0.5) is 5.69 Å². The summed E-state index contributed by atoms with van der Waals surface area (Å²) in [4.78, 5) is 29.6. The maximum absolute atomic E-state index is 13.6. The largest absolute Gasteiger partial charge is 0.493 e. The fraction of sp³-hybridized carbons (Fsp3) is 0.448. The van der Waals surface area contributed by atoms with E-state index in [9.17, 15) is 9.59 Å². The summed E-state index contributed by atoms with van der Waals surface area (Å²) in [7, 11) is 6.89. The van der Waals surface area contributed by atoms with E-state index in [4.69, 9.17) is 20.1 Å². The number of carbonyl (C=O) groups is 2. The monoisotopic (exact) mass is 519 g/mol. The molecule has 0 fully saturated rings. The second-order valence-electron chi connectivity index (χ2n) is 10.5. The first kappa shape index (κ1) is 28.5. The minimum Gasteiger partial charge on any atom is -0.493 e. The van der Waals surface area contributed by atoms with E-state index in [-0.39, 0.29) is 29.5 Å². The average Bonchev–Trinajstić information content (AvgIpc) is 3.18. The van der Waals surface area contributed by atoms with Crippen molar-refractivity contribution >= 4 is 23.2 Å². The molecule has 0 saturated heterocycles. The van der Waals surface area contributed by atoms with Crippen molar-refractivity contribution in [3.8, 4) is 17.6 Å². The molecule has 202 valence electrons. The Hall–Kier alpha value is -4.06. The van der Waals surface area contributed by atoms with Gasteiger partial charge in [-0.3, -0.25) is 15.0 Å². The van der Waals surface area contributed by atoms with E-state index in [0.29, 0.717) is 54.2 Å². The molecule has 0 bridgehead atoms. The van der Waals surface area contributed by atoms with Crippen LogP contribution in [-0.4, -0.2) is 63.8 Å². The fourth-order valence-electron chi connectivity index (χ4n) is 4.50. The minimum absolute atomic E-state index is 0.00387. The normalized spacial score (nSPS) is 12.6. The number of ketones is 1. The van der Waals surface area contributed by atoms with Crippen LogP contribution >= 0.6 is 0 Å². The molecular weight excluding hydrogens is 482 g/mol. The van der Waals surface area contributed by atoms with Gasteiger partial charge in [-0.15, -0.1) is 0 Å². The van der Waals surface area contributed by atoms with Gasteiger partial charge < -0.3 is 24.6 Å². The van der Waals surface area contributed by atoms with Gasteiger partial charge in [-0.1, -0.05) is 20.8 Å². The van der Waals surface area contributed by atoms with Gasteiger partial charge in [0.25, 0.3) is 5.91 Å². The van der Waals surface area contributed by atoms with E-state index >= 15 is 0 Å². The van der Waals surface area contributed by atoms with Gasteiger partial charge in [0.05, 0.1) is 31.9 Å². The van der Waals surface area contributed by atoms with E-state index < -0.39 is 0 Å². The highest BCUT2D eigenvalue weighted by molar-refractivity contribution is 6.08. The van der Waals surface area contributed by atoms with E-state index in [1.807, 2.05) is 51.9 Å². The molecule has 38 heavy (non-hydrogen) atoms. The zero-order valence-corrected chi connectivity index (χ0v) is 23.3. The summed E-state index contributed by atoms with van der Waals surface area (Å²) in [6.07, 6.45) is 0.945. The number of unbranched alkanes of at least 4 members (excludes halogenated alkanes) is 1. The minimum atomic E-state index is -0.318. The van der Waals surface area contributed by atoms with Gasteiger partial charge in [0, 0.05) is 56.5 Å². The summed E-state index contributed by atoms with van der Waals surface area (Å²) in [6, 6.07) is 9.27. The molecular formula is C29H37N5O4. The first-order chi connectivity index (χ1) is 17.9. The van der Waals surface area contributed by atoms with Crippen LogP contribution in [0.15, 0.2) is 24.3 Å². The molecule has 3 rings (SSSR count). The number of rotatable bonds is 10. The number of amides is 1. The standard InChI is InChI=1S/C29H37N5O4/c1-29(2,3)22-12-18(14-25(26(22)37-7)38-11-9-8-10-30)24(35)17-34-16-19-13-23(33(5)6)21(28(36)32-4)15-20(19)27(34)31/h12-15,31H,8-9,11,16-17H2,1-7H3,(H,32,36). The quantitative estimate of drug-likeness (QED) is 0.358. The zero-order valence-electron chi connectivity index (χ0n) is 23.3. The number of carbonyl (C=O) groups excluding carboxylic acids is 2. The number of amidine groups is 1. The van der Waals surface area contributed by atoms with E-state index in [1.54, 1.807) is 31.2 Å². The molecule has 0 spiro atoms. The summed E-state index contributed by atoms with van der Waals surface area (Å²) in [6.45, 7) is 6.85. The molecule has 2 aromatic rings. The molecule has 1 aliphatic heterocycles. The molecule has 9 heteroatoms. The molecule has 9 nitrogen and oxygen atoms in total. The fourth-order valence-corrected chi connectivity index (χ4v) is 4.50. The first-order valence-electron chi connectivity index (χ1n) is 12.6. The molecule has 0 atom stereocenters. The van der Waals surface area contributed by atoms with Gasteiger partial charge in [-0.2, -0.15) is 5.26 Å². The Morgan fingerprint density at radius 1 is 1.21 bits per heavy atom. The molecule has 0 unspecified atom stereocenters. The Kier molecular flexibility index (Phi) is 8.67. The maximum atomic E-state index is 13.6. The third-order valence-electron chi connectivity index (χ3n) is 6.52. The molecule has 0 aromatic heterocycles. The maximum Gasteiger partial charge on any atom is 0.253 e. The molecule has 1 aliphatic rings. The van der Waals surface area contributed by atoms with Crippen molar-refractivity contribution in [2.75, 3.05) is 46.3 Å². The van der Waals surface area contributed by atoms with Gasteiger partial charge >= 0.3 is 0 Å². The Bertz CT molecular complexity index is 1290. The van der Waals surface area contributed by atoms with Crippen molar-refractivity contribution in [3.63, 3.8) is 0 Å². The molecule has 2 aromatic carbocycles. The number of ether oxygens (including phenoxy) is 2. The molecule has 0 aliphatic carbocycles. The number of Topliss-reactive ketones (excluding diaryl/α,β-unsaturated/α-hetero) is 1. The van der Waals surface area contributed by atoms with Crippen LogP contribution in [0.5, 0.6) is 11.5 Å². The summed E-state index contributed by atoms with van der Waals surface area (Å²) in [5, 5.41) is 20.2. The van der Waals surface area contributed by atoms with Crippen LogP contribution in [0.1, 0.15) is 71.0 Å². The van der Waals surface area contributed by atoms with Crippen molar-refractivity contribution in [1.29, 1.82) is 10.7 Å². The number of benzene rings is 2. The number of fused-ring (bicyclic) bond motifs is 1. The van der Waals surface area contributed by atoms with E-state index in [0.717, 1.165) is 16.8 Å². The predicted molar refractivity (Wildman–Crippen MR) is 148 cm³/mol. The second kappa shape index (κ2) is 11.5. The van der Waals surface area contributed by atoms with Gasteiger partial charge in [-0.05, 0) is 41.7 Å². The summed E-state index contributed by atoms with van der Waals surface area (Å²) in [5.74, 6) is 0.865. The topological polar surface area (TPSA) is 119 Å². The van der Waals surface area contributed by atoms with Gasteiger partial charge in [-0.25, -0.2) is 0 Å². The zero-order chi connectivity index (χ0) is 28.2. The van der Waals surface area contributed by atoms with Gasteiger partial charge in [0.15, 0.2) is 17.3 Å². The number of nitrogens with one attached hydrogen (secondary N) is 2. The lowest BCUT2D eigenvalue weighted by molar-refractivity contribution is 0.0955. The summed E-state index contributed by atoms with van der Waals surface area (Å²) < 4.78 is 11.6. The number of anilines is 1. The SMILES string of the molecule is CNC(=O)c1cc2c(cc1N(C)C)CN(CC(=O)c1cc(OCCCC#N)c(OC)c(C(C)(C)C)c1)C2=N. The van der Waals surface area contributed by atoms with Crippen LogP contribution in [0.3, 0.4) is 0 Å². The van der Waals surface area contributed by atoms with Crippen molar-refractivity contribution in [2.45, 2.75) is 45.6 Å². The molecule has 1 amide bonds. The lowest BCUT2D eigenvalue weighted by atomic mass is 9.84. The highest BCUT2D eigenvalue weighted by atomic mass is 16.5. The van der Waals surface area contributed by atoms with E-state index in [2.05, 4.69) is 11.4 Å². The Morgan fingerprint density at radius 2 is 1.92 bits per heavy atom. The number of nitrogens with zero attached hydrogens (tertiary/aromatic N) is 3. The van der Waals surface area contributed by atoms with Crippen molar-refractivity contribution in [2.24, 2.45) is 0 Å². The lowest BCUT2D eigenvalue weighted by Gasteiger charge is -2.25. The molecule has 2 N–H and O–H groups in total. The van der Waals surface area contributed by atoms with Crippen LogP contribution < -0.4 is 19.7 Å². The second-order valence-corrected chi connectivity index (χ2v) is 10.5. The summed E-state index contributed by atoms with van der Waals surface area (Å²) >= 11 is 0. The van der Waals surface area contributed by atoms with E-state index in [1.165, 1.54) is 0 Å². The Morgan fingerprint density at radius 3 is 2.50 bits per heavy atom. The van der Waals surface area contributed by atoms with Crippen LogP contribution in [0.25, 0.3) is 0 Å². The third-order valence-corrected chi connectivity index (χ3v) is 6.52. The third kappa shape index (κ3) is 5.91. The highest BCUT2D eigenvalue weighted by Gasteiger charge is 2.30. The van der Waals surface area contributed by atoms with Crippen molar-refractivity contribution in [3.05, 3.63) is 52.1 Å². The van der Waals surface area contributed by atoms with Crippen LogP contribution in [0, 0.1) is 16.7 Å². The first-order valence-corrected chi connectivity index (χ1v) is 12.6. The number of methoxy groups -OCH3 is 1. The number of hydrogen-bond donors (Lipinski definition) is 2. The average molecular weight is 520 g/mol. The van der Waals surface area contributed by atoms with Gasteiger partial charge in [0.2, 0.25) is 0 Å². The van der Waals surface area contributed by atoms with Crippen LogP contribution in [-0.2, 0) is 12.0 Å². The summed E-state index contributed by atoms with van der Waals surface area (Å²) in [5.41, 5.74) is 3.77. The predicted octanol–water partition coefficient (Wildman–Crippen LogP) is 4.12. The van der Waals surface area contributed by atoms with Gasteiger partial charge in [0.1, 0.15) is 5.84 Å². The Labute approximate surface area is 224 Å². The smallest absolute Gasteiger partial charge is 0.253 e. The Balaban J connectivity index is 1.92. The molecule has 1 heterocycles. The highest BCUT2D eigenvalue weighted by Crippen LogP contribution is 2.40. The molecule has 0 radical (unpaired) electrons. The van der Waals surface area contributed by atoms with Crippen molar-refractivity contribution in [1.82, 2.24) is 10.2 Å². The number of nitriles is 1. The van der Waals surface area contributed by atoms with Crippen molar-refractivity contribution < 1.29 is 19.1 Å². The molecule has 0 saturated carbocycles. The lowest BCUT2D eigenvalue weighted by Crippen LogP contribution is -2.30. The number of hydrogen-bond acceptors (Lipinski definition) is 7.